The number of ether oxygens (including phenoxy) is 2. The summed E-state index contributed by atoms with van der Waals surface area (Å²) < 4.78 is 10.6. The molecule has 0 aliphatic heterocycles. The van der Waals surface area contributed by atoms with Gasteiger partial charge in [0.15, 0.2) is 5.78 Å². The number of amides is 1. The van der Waals surface area contributed by atoms with E-state index in [1.807, 2.05) is 20.8 Å². The van der Waals surface area contributed by atoms with Gasteiger partial charge in [0.25, 0.3) is 0 Å². The fraction of sp³-hybridized carbons (Fsp3) is 0.824. The van der Waals surface area contributed by atoms with Crippen LogP contribution in [0.25, 0.3) is 0 Å². The predicted octanol–water partition coefficient (Wildman–Crippen LogP) is 1.76. The van der Waals surface area contributed by atoms with Crippen LogP contribution in [0.2, 0.25) is 0 Å². The molecule has 0 saturated carbocycles. The number of hydrogen-bond acceptors (Lipinski definition) is 5. The molecule has 6 nitrogen and oxygen atoms in total. The minimum Gasteiger partial charge on any atom is -0.379 e. The van der Waals surface area contributed by atoms with Crippen LogP contribution in [0.3, 0.4) is 0 Å². The molecule has 0 rings (SSSR count). The highest BCUT2D eigenvalue weighted by molar-refractivity contribution is 5.87. The van der Waals surface area contributed by atoms with Gasteiger partial charge in [-0.25, -0.2) is 0 Å². The monoisotopic (exact) mass is 329 g/mol. The summed E-state index contributed by atoms with van der Waals surface area (Å²) in [5.74, 6) is -0.0898. The first-order valence-electron chi connectivity index (χ1n) is 8.12. The molecular weight excluding hydrogens is 298 g/mol. The van der Waals surface area contributed by atoms with Crippen LogP contribution in [-0.2, 0) is 23.9 Å². The number of carbonyl (C=O) groups is 3. The third kappa shape index (κ3) is 11.9. The van der Waals surface area contributed by atoms with Crippen LogP contribution in [-0.4, -0.2) is 50.4 Å². The summed E-state index contributed by atoms with van der Waals surface area (Å²) in [7, 11) is 0. The molecule has 0 aromatic rings. The Morgan fingerprint density at radius 3 is 1.91 bits per heavy atom. The lowest BCUT2D eigenvalue weighted by molar-refractivity contribution is -0.128. The molecule has 1 N–H and O–H groups in total. The van der Waals surface area contributed by atoms with Gasteiger partial charge in [0.2, 0.25) is 5.91 Å². The first-order valence-corrected chi connectivity index (χ1v) is 8.12. The zero-order valence-electron chi connectivity index (χ0n) is 15.1. The van der Waals surface area contributed by atoms with Gasteiger partial charge in [-0.2, -0.15) is 0 Å². The van der Waals surface area contributed by atoms with Gasteiger partial charge in [-0.05, 0) is 0 Å². The van der Waals surface area contributed by atoms with Crippen molar-refractivity contribution in [2.24, 2.45) is 11.3 Å². The third-order valence-electron chi connectivity index (χ3n) is 3.26. The smallest absolute Gasteiger partial charge is 0.222 e. The van der Waals surface area contributed by atoms with Gasteiger partial charge in [-0.15, -0.1) is 0 Å². The van der Waals surface area contributed by atoms with Crippen LogP contribution in [0.15, 0.2) is 0 Å². The first-order chi connectivity index (χ1) is 10.6. The summed E-state index contributed by atoms with van der Waals surface area (Å²) >= 11 is 0. The summed E-state index contributed by atoms with van der Waals surface area (Å²) in [5.41, 5.74) is -0.329. The zero-order chi connectivity index (χ0) is 17.9. The van der Waals surface area contributed by atoms with E-state index < -0.39 is 0 Å². The molecule has 1 amide bonds. The highest BCUT2D eigenvalue weighted by atomic mass is 16.5. The second kappa shape index (κ2) is 11.3. The first kappa shape index (κ1) is 21.7. The van der Waals surface area contributed by atoms with Gasteiger partial charge in [0, 0.05) is 24.2 Å². The highest BCUT2D eigenvalue weighted by Gasteiger charge is 2.20. The molecule has 6 heteroatoms. The van der Waals surface area contributed by atoms with Gasteiger partial charge in [-0.3, -0.25) is 14.4 Å². The fourth-order valence-corrected chi connectivity index (χ4v) is 1.50. The van der Waals surface area contributed by atoms with Crippen molar-refractivity contribution in [3.63, 3.8) is 0 Å². The predicted molar refractivity (Wildman–Crippen MR) is 88.2 cm³/mol. The number of nitrogens with one attached hydrogen (secondary N) is 1. The maximum Gasteiger partial charge on any atom is 0.222 e. The highest BCUT2D eigenvalue weighted by Crippen LogP contribution is 2.16. The molecule has 0 atom stereocenters. The SMILES string of the molecule is CC(C)C(=O)CNC(=O)CCOCCOCCC(=O)C(C)(C)C. The van der Waals surface area contributed by atoms with Crippen molar-refractivity contribution < 1.29 is 23.9 Å². The van der Waals surface area contributed by atoms with E-state index in [2.05, 4.69) is 5.32 Å². The Balaban J connectivity index is 3.48. The molecule has 0 aromatic carbocycles. The number of carbonyl (C=O) groups excluding carboxylic acids is 3. The number of hydrogen-bond donors (Lipinski definition) is 1. The van der Waals surface area contributed by atoms with Gasteiger partial charge in [0.1, 0.15) is 5.78 Å². The molecule has 0 saturated heterocycles. The minimum absolute atomic E-state index is 0.0115. The Morgan fingerprint density at radius 2 is 1.43 bits per heavy atom. The maximum absolute atomic E-state index is 11.6. The number of ketones is 2. The van der Waals surface area contributed by atoms with E-state index in [0.717, 1.165) is 0 Å². The molecule has 0 fully saturated rings. The lowest BCUT2D eigenvalue weighted by atomic mass is 9.89. The quantitative estimate of drug-likeness (QED) is 0.552. The zero-order valence-corrected chi connectivity index (χ0v) is 15.1. The van der Waals surface area contributed by atoms with E-state index in [-0.39, 0.29) is 48.4 Å². The van der Waals surface area contributed by atoms with Crippen molar-refractivity contribution in [2.45, 2.75) is 47.5 Å². The van der Waals surface area contributed by atoms with Crippen LogP contribution in [0.1, 0.15) is 47.5 Å². The van der Waals surface area contributed by atoms with E-state index in [4.69, 9.17) is 9.47 Å². The molecular formula is C17H31NO5. The molecule has 23 heavy (non-hydrogen) atoms. The Hall–Kier alpha value is -1.27. The van der Waals surface area contributed by atoms with Gasteiger partial charge < -0.3 is 14.8 Å². The Labute approximate surface area is 139 Å². The van der Waals surface area contributed by atoms with Crippen molar-refractivity contribution in [3.05, 3.63) is 0 Å². The normalized spacial score (nSPS) is 11.6. The average Bonchev–Trinajstić information content (AvgIpc) is 2.45. The molecule has 0 heterocycles. The molecule has 0 unspecified atom stereocenters. The molecule has 0 aliphatic rings. The van der Waals surface area contributed by atoms with E-state index >= 15 is 0 Å². The van der Waals surface area contributed by atoms with Gasteiger partial charge in [0.05, 0.1) is 33.0 Å². The van der Waals surface area contributed by atoms with Crippen LogP contribution in [0.5, 0.6) is 0 Å². The second-order valence-corrected chi connectivity index (χ2v) is 6.80. The second-order valence-electron chi connectivity index (χ2n) is 6.80. The van der Waals surface area contributed by atoms with Crippen molar-refractivity contribution >= 4 is 17.5 Å². The average molecular weight is 329 g/mol. The molecule has 0 radical (unpaired) electrons. The van der Waals surface area contributed by atoms with E-state index in [9.17, 15) is 14.4 Å². The topological polar surface area (TPSA) is 81.7 Å². The summed E-state index contributed by atoms with van der Waals surface area (Å²) in [6, 6.07) is 0. The summed E-state index contributed by atoms with van der Waals surface area (Å²) in [5, 5.41) is 2.56. The van der Waals surface area contributed by atoms with Crippen molar-refractivity contribution in [1.82, 2.24) is 5.32 Å². The van der Waals surface area contributed by atoms with Crippen LogP contribution >= 0.6 is 0 Å². The molecule has 134 valence electrons. The van der Waals surface area contributed by atoms with Crippen LogP contribution in [0.4, 0.5) is 0 Å². The fourth-order valence-electron chi connectivity index (χ4n) is 1.50. The Morgan fingerprint density at radius 1 is 0.913 bits per heavy atom. The van der Waals surface area contributed by atoms with E-state index in [0.29, 0.717) is 26.2 Å². The molecule has 0 aliphatic carbocycles. The Bertz CT molecular complexity index is 385. The van der Waals surface area contributed by atoms with E-state index in [1.54, 1.807) is 13.8 Å². The number of rotatable bonds is 12. The van der Waals surface area contributed by atoms with Crippen molar-refractivity contribution in [1.29, 1.82) is 0 Å². The summed E-state index contributed by atoms with van der Waals surface area (Å²) in [4.78, 5) is 34.5. The van der Waals surface area contributed by atoms with Crippen LogP contribution < -0.4 is 5.32 Å². The largest absolute Gasteiger partial charge is 0.379 e. The molecule has 0 spiro atoms. The standard InChI is InChI=1S/C17H31NO5/c1-13(2)14(19)12-18-16(21)7-9-23-11-10-22-8-6-15(20)17(3,4)5/h13H,6-12H2,1-5H3,(H,18,21). The summed E-state index contributed by atoms with van der Waals surface area (Å²) in [6.45, 7) is 10.8. The molecule has 0 aromatic heterocycles. The van der Waals surface area contributed by atoms with Gasteiger partial charge >= 0.3 is 0 Å². The maximum atomic E-state index is 11.6. The van der Waals surface area contributed by atoms with E-state index in [1.165, 1.54) is 0 Å². The van der Waals surface area contributed by atoms with Crippen molar-refractivity contribution in [3.8, 4) is 0 Å². The lowest BCUT2D eigenvalue weighted by Gasteiger charge is -2.16. The lowest BCUT2D eigenvalue weighted by Crippen LogP contribution is -2.32. The number of Topliss-reactive ketones (excluding diaryl/α,β-unsaturated/α-hetero) is 2. The third-order valence-corrected chi connectivity index (χ3v) is 3.26. The summed E-state index contributed by atoms with van der Waals surface area (Å²) in [6.07, 6.45) is 0.615. The minimum atomic E-state index is -0.329. The molecule has 0 bridgehead atoms. The van der Waals surface area contributed by atoms with Crippen molar-refractivity contribution in [2.75, 3.05) is 33.0 Å². The van der Waals surface area contributed by atoms with Gasteiger partial charge in [-0.1, -0.05) is 34.6 Å². The van der Waals surface area contributed by atoms with Crippen LogP contribution in [0, 0.1) is 11.3 Å². The Kier molecular flexibility index (Phi) is 10.7.